The number of rotatable bonds is 3. The summed E-state index contributed by atoms with van der Waals surface area (Å²) in [6.07, 6.45) is 0. The molecule has 0 radical (unpaired) electrons. The number of carbonyl (C=O) groups excluding carboxylic acids is 1. The van der Waals surface area contributed by atoms with Crippen LogP contribution in [-0.4, -0.2) is 19.6 Å². The zero-order valence-corrected chi connectivity index (χ0v) is 9.57. The highest BCUT2D eigenvalue weighted by atomic mass is 16.5. The number of carbonyl (C=O) groups is 1. The van der Waals surface area contributed by atoms with Gasteiger partial charge in [0.2, 0.25) is 5.91 Å². The first-order valence-electron chi connectivity index (χ1n) is 5.30. The van der Waals surface area contributed by atoms with Crippen molar-refractivity contribution in [3.63, 3.8) is 0 Å². The van der Waals surface area contributed by atoms with E-state index in [1.165, 1.54) is 0 Å². The lowest BCUT2D eigenvalue weighted by atomic mass is 10.1. The Morgan fingerprint density at radius 1 is 1.24 bits per heavy atom. The summed E-state index contributed by atoms with van der Waals surface area (Å²) in [5.41, 5.74) is 5.99. The highest BCUT2D eigenvalue weighted by molar-refractivity contribution is 5.95. The van der Waals surface area contributed by atoms with Crippen molar-refractivity contribution in [2.75, 3.05) is 19.0 Å². The summed E-state index contributed by atoms with van der Waals surface area (Å²) >= 11 is 0. The average Bonchev–Trinajstić information content (AvgIpc) is 2.38. The summed E-state index contributed by atoms with van der Waals surface area (Å²) in [6, 6.07) is 11.5. The lowest BCUT2D eigenvalue weighted by molar-refractivity contribution is -0.114. The number of hydrogen-bond donors (Lipinski definition) is 2. The van der Waals surface area contributed by atoms with E-state index in [1.54, 1.807) is 7.11 Å². The fourth-order valence-electron chi connectivity index (χ4n) is 1.64. The summed E-state index contributed by atoms with van der Waals surface area (Å²) in [5.74, 6) is 0.620. The van der Waals surface area contributed by atoms with Crippen LogP contribution in [0, 0.1) is 0 Å². The van der Waals surface area contributed by atoms with Crippen LogP contribution >= 0.6 is 0 Å². The van der Waals surface area contributed by atoms with Crippen LogP contribution in [0.15, 0.2) is 36.4 Å². The molecule has 0 fully saturated rings. The number of hydrogen-bond acceptors (Lipinski definition) is 3. The second kappa shape index (κ2) is 4.84. The van der Waals surface area contributed by atoms with Crippen LogP contribution < -0.4 is 15.8 Å². The Hall–Kier alpha value is -2.07. The third-order valence-corrected chi connectivity index (χ3v) is 2.52. The first kappa shape index (κ1) is 11.4. The van der Waals surface area contributed by atoms with Gasteiger partial charge in [-0.2, -0.15) is 0 Å². The molecule has 88 valence electrons. The molecule has 0 saturated carbocycles. The third kappa shape index (κ3) is 2.54. The molecule has 0 aromatic heterocycles. The normalized spacial score (nSPS) is 10.2. The number of ether oxygens (including phenoxy) is 1. The van der Waals surface area contributed by atoms with E-state index >= 15 is 0 Å². The van der Waals surface area contributed by atoms with Gasteiger partial charge in [-0.1, -0.05) is 12.1 Å². The molecule has 4 heteroatoms. The second-order valence-electron chi connectivity index (χ2n) is 3.68. The Bertz CT molecular complexity index is 552. The predicted molar refractivity (Wildman–Crippen MR) is 68.2 cm³/mol. The van der Waals surface area contributed by atoms with Crippen LogP contribution in [0.4, 0.5) is 5.69 Å². The minimum Gasteiger partial charge on any atom is -0.497 e. The molecule has 2 rings (SSSR count). The van der Waals surface area contributed by atoms with E-state index in [9.17, 15) is 4.79 Å². The average molecular weight is 230 g/mol. The van der Waals surface area contributed by atoms with Crippen LogP contribution in [0.1, 0.15) is 0 Å². The van der Waals surface area contributed by atoms with Crippen molar-refractivity contribution in [1.82, 2.24) is 0 Å². The molecule has 1 amide bonds. The van der Waals surface area contributed by atoms with E-state index in [1.807, 2.05) is 36.4 Å². The molecule has 0 saturated heterocycles. The van der Waals surface area contributed by atoms with Gasteiger partial charge in [0.15, 0.2) is 0 Å². The fraction of sp³-hybridized carbons (Fsp3) is 0.154. The highest BCUT2D eigenvalue weighted by Crippen LogP contribution is 2.23. The molecule has 0 aliphatic heterocycles. The Balaban J connectivity index is 2.34. The van der Waals surface area contributed by atoms with Crippen molar-refractivity contribution in [2.24, 2.45) is 5.73 Å². The molecule has 3 N–H and O–H groups in total. The molecule has 0 spiro atoms. The van der Waals surface area contributed by atoms with Crippen molar-refractivity contribution in [3.05, 3.63) is 36.4 Å². The van der Waals surface area contributed by atoms with Gasteiger partial charge in [0.1, 0.15) is 5.75 Å². The van der Waals surface area contributed by atoms with Crippen molar-refractivity contribution in [3.8, 4) is 5.75 Å². The van der Waals surface area contributed by atoms with E-state index in [2.05, 4.69) is 5.32 Å². The summed E-state index contributed by atoms with van der Waals surface area (Å²) < 4.78 is 5.15. The molecule has 17 heavy (non-hydrogen) atoms. The van der Waals surface area contributed by atoms with Crippen LogP contribution in [0.5, 0.6) is 5.75 Å². The Morgan fingerprint density at radius 2 is 1.94 bits per heavy atom. The molecule has 0 heterocycles. The zero-order valence-electron chi connectivity index (χ0n) is 9.57. The monoisotopic (exact) mass is 230 g/mol. The van der Waals surface area contributed by atoms with E-state index in [0.29, 0.717) is 0 Å². The largest absolute Gasteiger partial charge is 0.497 e. The van der Waals surface area contributed by atoms with E-state index < -0.39 is 0 Å². The van der Waals surface area contributed by atoms with Crippen LogP contribution in [-0.2, 0) is 4.79 Å². The summed E-state index contributed by atoms with van der Waals surface area (Å²) in [6.45, 7) is -0.0132. The molecule has 0 aliphatic carbocycles. The molecule has 0 aliphatic rings. The van der Waals surface area contributed by atoms with Gasteiger partial charge in [0.25, 0.3) is 0 Å². The Morgan fingerprint density at radius 3 is 2.65 bits per heavy atom. The topological polar surface area (TPSA) is 64.3 Å². The minimum absolute atomic E-state index is 0.0132. The Labute approximate surface area is 99.4 Å². The quantitative estimate of drug-likeness (QED) is 0.844. The maximum atomic E-state index is 11.2. The smallest absolute Gasteiger partial charge is 0.238 e. The van der Waals surface area contributed by atoms with Crippen LogP contribution in [0.2, 0.25) is 0 Å². The van der Waals surface area contributed by atoms with Crippen LogP contribution in [0.3, 0.4) is 0 Å². The molecular weight excluding hydrogens is 216 g/mol. The van der Waals surface area contributed by atoms with Crippen molar-refractivity contribution in [1.29, 1.82) is 0 Å². The van der Waals surface area contributed by atoms with Gasteiger partial charge in [-0.15, -0.1) is 0 Å². The molecule has 0 atom stereocenters. The summed E-state index contributed by atoms with van der Waals surface area (Å²) in [7, 11) is 1.64. The highest BCUT2D eigenvalue weighted by Gasteiger charge is 2.01. The maximum Gasteiger partial charge on any atom is 0.238 e. The number of anilines is 1. The van der Waals surface area contributed by atoms with E-state index in [4.69, 9.17) is 10.5 Å². The van der Waals surface area contributed by atoms with Gasteiger partial charge in [-0.05, 0) is 35.0 Å². The summed E-state index contributed by atoms with van der Waals surface area (Å²) in [4.78, 5) is 11.2. The minimum atomic E-state index is -0.196. The molecule has 2 aromatic carbocycles. The first-order valence-corrected chi connectivity index (χ1v) is 5.30. The SMILES string of the molecule is COc1ccc2cc(NC(=O)CN)ccc2c1. The lowest BCUT2D eigenvalue weighted by Gasteiger charge is -2.06. The standard InChI is InChI=1S/C13H14N2O2/c1-17-12-5-3-9-6-11(15-13(16)8-14)4-2-10(9)7-12/h2-7H,8,14H2,1H3,(H,15,16). The van der Waals surface area contributed by atoms with Gasteiger partial charge in [0, 0.05) is 5.69 Å². The third-order valence-electron chi connectivity index (χ3n) is 2.52. The number of amides is 1. The van der Waals surface area contributed by atoms with Gasteiger partial charge in [-0.25, -0.2) is 0 Å². The molecule has 0 unspecified atom stereocenters. The maximum absolute atomic E-state index is 11.2. The van der Waals surface area contributed by atoms with Gasteiger partial charge < -0.3 is 15.8 Å². The summed E-state index contributed by atoms with van der Waals surface area (Å²) in [5, 5.41) is 4.82. The van der Waals surface area contributed by atoms with Crippen LogP contribution in [0.25, 0.3) is 10.8 Å². The Kier molecular flexibility index (Phi) is 3.25. The number of benzene rings is 2. The van der Waals surface area contributed by atoms with Gasteiger partial charge in [-0.3, -0.25) is 4.79 Å². The first-order chi connectivity index (χ1) is 8.22. The molecule has 0 bridgehead atoms. The van der Waals surface area contributed by atoms with E-state index in [-0.39, 0.29) is 12.5 Å². The zero-order chi connectivity index (χ0) is 12.3. The van der Waals surface area contributed by atoms with Gasteiger partial charge in [0.05, 0.1) is 13.7 Å². The molecule has 4 nitrogen and oxygen atoms in total. The van der Waals surface area contributed by atoms with Gasteiger partial charge >= 0.3 is 0 Å². The number of methoxy groups -OCH3 is 1. The molecular formula is C13H14N2O2. The fourth-order valence-corrected chi connectivity index (χ4v) is 1.64. The van der Waals surface area contributed by atoms with Crippen molar-refractivity contribution < 1.29 is 9.53 Å². The second-order valence-corrected chi connectivity index (χ2v) is 3.68. The van der Waals surface area contributed by atoms with E-state index in [0.717, 1.165) is 22.2 Å². The number of nitrogens with one attached hydrogen (secondary N) is 1. The predicted octanol–water partition coefficient (Wildman–Crippen LogP) is 1.75. The molecule has 2 aromatic rings. The van der Waals surface area contributed by atoms with Crippen molar-refractivity contribution in [2.45, 2.75) is 0 Å². The lowest BCUT2D eigenvalue weighted by Crippen LogP contribution is -2.21. The van der Waals surface area contributed by atoms with Crippen molar-refractivity contribution >= 4 is 22.4 Å². The number of nitrogens with two attached hydrogens (primary N) is 1. The number of fused-ring (bicyclic) bond motifs is 1.